The van der Waals surface area contributed by atoms with E-state index in [4.69, 9.17) is 10.2 Å². The summed E-state index contributed by atoms with van der Waals surface area (Å²) in [7, 11) is 0. The molecule has 1 aromatic heterocycles. The average Bonchev–Trinajstić information content (AvgIpc) is 2.77. The molecule has 2 rings (SSSR count). The summed E-state index contributed by atoms with van der Waals surface area (Å²) in [6, 6.07) is 7.99. The SMILES string of the molecule is O=C(O)c1ccccc1-c1ccsc1C(=O)O. The highest BCUT2D eigenvalue weighted by atomic mass is 32.1. The fourth-order valence-corrected chi connectivity index (χ4v) is 2.34. The van der Waals surface area contributed by atoms with Gasteiger partial charge in [-0.15, -0.1) is 11.3 Å². The second-order valence-corrected chi connectivity index (χ2v) is 4.24. The summed E-state index contributed by atoms with van der Waals surface area (Å²) >= 11 is 1.08. The molecular formula is C12H8O4S. The van der Waals surface area contributed by atoms with Crippen LogP contribution < -0.4 is 0 Å². The van der Waals surface area contributed by atoms with E-state index in [1.807, 2.05) is 0 Å². The van der Waals surface area contributed by atoms with Crippen molar-refractivity contribution >= 4 is 23.3 Å². The molecule has 86 valence electrons. The summed E-state index contributed by atoms with van der Waals surface area (Å²) in [5.41, 5.74) is 0.979. The molecule has 0 saturated carbocycles. The van der Waals surface area contributed by atoms with Crippen LogP contribution in [0.25, 0.3) is 11.1 Å². The van der Waals surface area contributed by atoms with Crippen LogP contribution in [-0.4, -0.2) is 22.2 Å². The van der Waals surface area contributed by atoms with Crippen LogP contribution in [0.5, 0.6) is 0 Å². The van der Waals surface area contributed by atoms with Gasteiger partial charge in [-0.2, -0.15) is 0 Å². The minimum absolute atomic E-state index is 0.105. The van der Waals surface area contributed by atoms with Gasteiger partial charge in [-0.1, -0.05) is 18.2 Å². The topological polar surface area (TPSA) is 74.6 Å². The highest BCUT2D eigenvalue weighted by Gasteiger charge is 2.18. The summed E-state index contributed by atoms with van der Waals surface area (Å²) in [5, 5.41) is 19.7. The summed E-state index contributed by atoms with van der Waals surface area (Å²) < 4.78 is 0. The van der Waals surface area contributed by atoms with E-state index in [-0.39, 0.29) is 10.4 Å². The maximum Gasteiger partial charge on any atom is 0.346 e. The fraction of sp³-hybridized carbons (Fsp3) is 0. The Morgan fingerprint density at radius 3 is 2.29 bits per heavy atom. The van der Waals surface area contributed by atoms with Crippen LogP contribution in [0.1, 0.15) is 20.0 Å². The van der Waals surface area contributed by atoms with Gasteiger partial charge in [0.2, 0.25) is 0 Å². The normalized spacial score (nSPS) is 10.1. The Morgan fingerprint density at radius 1 is 0.941 bits per heavy atom. The number of carboxylic acids is 2. The van der Waals surface area contributed by atoms with Gasteiger partial charge < -0.3 is 10.2 Å². The molecule has 0 atom stereocenters. The Hall–Kier alpha value is -2.14. The van der Waals surface area contributed by atoms with Crippen LogP contribution in [0.2, 0.25) is 0 Å². The Bertz CT molecular complexity index is 586. The van der Waals surface area contributed by atoms with E-state index in [0.29, 0.717) is 11.1 Å². The van der Waals surface area contributed by atoms with E-state index in [0.717, 1.165) is 11.3 Å². The lowest BCUT2D eigenvalue weighted by Gasteiger charge is -2.04. The van der Waals surface area contributed by atoms with Gasteiger partial charge in [0.05, 0.1) is 5.56 Å². The molecule has 0 aliphatic rings. The molecule has 0 unspecified atom stereocenters. The van der Waals surface area contributed by atoms with Crippen LogP contribution in [0.15, 0.2) is 35.7 Å². The van der Waals surface area contributed by atoms with Gasteiger partial charge in [-0.25, -0.2) is 9.59 Å². The first-order chi connectivity index (χ1) is 8.11. The second-order valence-electron chi connectivity index (χ2n) is 3.32. The van der Waals surface area contributed by atoms with Gasteiger partial charge in [-0.3, -0.25) is 0 Å². The monoisotopic (exact) mass is 248 g/mol. The Morgan fingerprint density at radius 2 is 1.65 bits per heavy atom. The van der Waals surface area contributed by atoms with Gasteiger partial charge in [0.25, 0.3) is 0 Å². The number of rotatable bonds is 3. The lowest BCUT2D eigenvalue weighted by molar-refractivity contribution is 0.0687. The summed E-state index contributed by atoms with van der Waals surface area (Å²) in [6.45, 7) is 0. The van der Waals surface area contributed by atoms with Crippen LogP contribution in [0.4, 0.5) is 0 Å². The van der Waals surface area contributed by atoms with Crippen LogP contribution in [0, 0.1) is 0 Å². The molecule has 0 spiro atoms. The Kier molecular flexibility index (Phi) is 2.93. The maximum atomic E-state index is 11.1. The molecule has 4 nitrogen and oxygen atoms in total. The van der Waals surface area contributed by atoms with Crippen molar-refractivity contribution in [2.24, 2.45) is 0 Å². The standard InChI is InChI=1S/C12H8O4S/c13-11(14)9-4-2-1-3-7(9)8-5-6-17-10(8)12(15)16/h1-6H,(H,13,14)(H,15,16). The quantitative estimate of drug-likeness (QED) is 0.875. The van der Waals surface area contributed by atoms with Crippen molar-refractivity contribution in [1.29, 1.82) is 0 Å². The van der Waals surface area contributed by atoms with E-state index in [2.05, 4.69) is 0 Å². The van der Waals surface area contributed by atoms with Crippen molar-refractivity contribution in [2.75, 3.05) is 0 Å². The minimum Gasteiger partial charge on any atom is -0.478 e. The van der Waals surface area contributed by atoms with Crippen LogP contribution in [-0.2, 0) is 0 Å². The van der Waals surface area contributed by atoms with E-state index in [9.17, 15) is 9.59 Å². The molecule has 0 bridgehead atoms. The van der Waals surface area contributed by atoms with Crippen molar-refractivity contribution in [3.63, 3.8) is 0 Å². The lowest BCUT2D eigenvalue weighted by atomic mass is 10.0. The number of thiophene rings is 1. The van der Waals surface area contributed by atoms with Crippen molar-refractivity contribution in [1.82, 2.24) is 0 Å². The molecular weight excluding hydrogens is 240 g/mol. The van der Waals surface area contributed by atoms with Gasteiger partial charge in [0.1, 0.15) is 4.88 Å². The van der Waals surface area contributed by atoms with Gasteiger partial charge >= 0.3 is 11.9 Å². The third-order valence-electron chi connectivity index (χ3n) is 2.31. The summed E-state index contributed by atoms with van der Waals surface area (Å²) in [4.78, 5) is 22.2. The average molecular weight is 248 g/mol. The van der Waals surface area contributed by atoms with Crippen molar-refractivity contribution in [3.05, 3.63) is 46.2 Å². The predicted molar refractivity (Wildman–Crippen MR) is 63.7 cm³/mol. The first-order valence-corrected chi connectivity index (χ1v) is 5.62. The summed E-state index contributed by atoms with van der Waals surface area (Å²) in [5.74, 6) is -2.11. The lowest BCUT2D eigenvalue weighted by Crippen LogP contribution is -2.01. The smallest absolute Gasteiger partial charge is 0.346 e. The zero-order valence-electron chi connectivity index (χ0n) is 8.58. The van der Waals surface area contributed by atoms with Crippen LogP contribution >= 0.6 is 11.3 Å². The van der Waals surface area contributed by atoms with Gasteiger partial charge in [0, 0.05) is 5.56 Å². The molecule has 0 fully saturated rings. The highest BCUT2D eigenvalue weighted by molar-refractivity contribution is 7.12. The maximum absolute atomic E-state index is 11.1. The van der Waals surface area contributed by atoms with Crippen molar-refractivity contribution in [2.45, 2.75) is 0 Å². The van der Waals surface area contributed by atoms with E-state index in [1.54, 1.807) is 29.6 Å². The number of benzene rings is 1. The Labute approximate surface area is 101 Å². The molecule has 0 radical (unpaired) electrons. The fourth-order valence-electron chi connectivity index (χ4n) is 1.59. The number of carbonyl (C=O) groups is 2. The molecule has 0 amide bonds. The summed E-state index contributed by atoms with van der Waals surface area (Å²) in [6.07, 6.45) is 0. The first-order valence-electron chi connectivity index (χ1n) is 4.74. The predicted octanol–water partition coefficient (Wildman–Crippen LogP) is 2.81. The molecule has 0 saturated heterocycles. The number of hydrogen-bond acceptors (Lipinski definition) is 3. The zero-order chi connectivity index (χ0) is 12.4. The first kappa shape index (κ1) is 11.3. The molecule has 2 aromatic rings. The van der Waals surface area contributed by atoms with Crippen molar-refractivity contribution in [3.8, 4) is 11.1 Å². The van der Waals surface area contributed by atoms with E-state index >= 15 is 0 Å². The Balaban J connectivity index is 2.64. The van der Waals surface area contributed by atoms with Gasteiger partial charge in [0.15, 0.2) is 0 Å². The minimum atomic E-state index is -1.07. The van der Waals surface area contributed by atoms with E-state index < -0.39 is 11.9 Å². The molecule has 5 heteroatoms. The molecule has 2 N–H and O–H groups in total. The largest absolute Gasteiger partial charge is 0.478 e. The third-order valence-corrected chi connectivity index (χ3v) is 3.21. The highest BCUT2D eigenvalue weighted by Crippen LogP contribution is 2.30. The third kappa shape index (κ3) is 2.05. The van der Waals surface area contributed by atoms with Gasteiger partial charge in [-0.05, 0) is 23.1 Å². The van der Waals surface area contributed by atoms with E-state index in [1.165, 1.54) is 6.07 Å². The molecule has 1 aromatic carbocycles. The zero-order valence-corrected chi connectivity index (χ0v) is 9.40. The molecule has 1 heterocycles. The van der Waals surface area contributed by atoms with Crippen molar-refractivity contribution < 1.29 is 19.8 Å². The number of carboxylic acid groups (broad SMARTS) is 2. The van der Waals surface area contributed by atoms with Crippen LogP contribution in [0.3, 0.4) is 0 Å². The molecule has 17 heavy (non-hydrogen) atoms. The molecule has 0 aliphatic carbocycles. The number of hydrogen-bond donors (Lipinski definition) is 2. The number of aromatic carboxylic acids is 2. The molecule has 0 aliphatic heterocycles. The second kappa shape index (κ2) is 4.39.